The highest BCUT2D eigenvalue weighted by Gasteiger charge is 2.30. The van der Waals surface area contributed by atoms with Gasteiger partial charge in [-0.05, 0) is 37.0 Å². The Balaban J connectivity index is 3.05. The predicted octanol–water partition coefficient (Wildman–Crippen LogP) is -0.203. The summed E-state index contributed by atoms with van der Waals surface area (Å²) in [5.41, 5.74) is 6.27. The summed E-state index contributed by atoms with van der Waals surface area (Å²) >= 11 is 3.93. The molecule has 0 bridgehead atoms. The molecule has 0 radical (unpaired) electrons. The highest BCUT2D eigenvalue weighted by Crippen LogP contribution is 2.12. The van der Waals surface area contributed by atoms with Crippen LogP contribution in [0.4, 0.5) is 0 Å². The number of hydrogen-bond acceptors (Lipinski definition) is 7. The van der Waals surface area contributed by atoms with Gasteiger partial charge >= 0.3 is 5.97 Å². The van der Waals surface area contributed by atoms with Crippen molar-refractivity contribution in [2.45, 2.75) is 57.8 Å². The maximum atomic E-state index is 13.0. The molecule has 0 aliphatic carbocycles. The summed E-state index contributed by atoms with van der Waals surface area (Å²) in [6, 6.07) is 2.01. The number of rotatable bonds is 12. The molecule has 1 aromatic carbocycles. The smallest absolute Gasteiger partial charge is 0.327 e. The van der Waals surface area contributed by atoms with Gasteiger partial charge in [0.2, 0.25) is 17.7 Å². The molecule has 0 fully saturated rings. The van der Waals surface area contributed by atoms with Gasteiger partial charge in [-0.2, -0.15) is 12.6 Å². The Morgan fingerprint density at radius 1 is 0.906 bits per heavy atom. The van der Waals surface area contributed by atoms with E-state index in [0.717, 1.165) is 0 Å². The van der Waals surface area contributed by atoms with E-state index in [1.54, 1.807) is 12.1 Å². The first kappa shape index (κ1) is 27.2. The van der Waals surface area contributed by atoms with Gasteiger partial charge in [0.05, 0.1) is 6.04 Å². The van der Waals surface area contributed by atoms with E-state index in [2.05, 4.69) is 28.6 Å². The highest BCUT2D eigenvalue weighted by molar-refractivity contribution is 7.80. The van der Waals surface area contributed by atoms with Crippen LogP contribution in [0.5, 0.6) is 5.75 Å². The molecule has 0 saturated heterocycles. The maximum absolute atomic E-state index is 13.0. The Labute approximate surface area is 192 Å². The van der Waals surface area contributed by atoms with E-state index >= 15 is 0 Å². The number of phenols is 1. The third-order valence-electron chi connectivity index (χ3n) is 4.56. The van der Waals surface area contributed by atoms with Crippen molar-refractivity contribution in [3.63, 3.8) is 0 Å². The fourth-order valence-electron chi connectivity index (χ4n) is 2.81. The number of nitrogens with one attached hydrogen (secondary N) is 3. The van der Waals surface area contributed by atoms with Gasteiger partial charge in [-0.15, -0.1) is 0 Å². The lowest BCUT2D eigenvalue weighted by molar-refractivity contribution is -0.141. The topological polar surface area (TPSA) is 171 Å². The Hall–Kier alpha value is -2.79. The van der Waals surface area contributed by atoms with Crippen molar-refractivity contribution in [3.05, 3.63) is 29.8 Å². The predicted molar refractivity (Wildman–Crippen MR) is 122 cm³/mol. The average molecular weight is 469 g/mol. The zero-order valence-corrected chi connectivity index (χ0v) is 19.3. The van der Waals surface area contributed by atoms with Crippen LogP contribution < -0.4 is 21.7 Å². The summed E-state index contributed by atoms with van der Waals surface area (Å²) in [4.78, 5) is 49.1. The largest absolute Gasteiger partial charge is 0.508 e. The van der Waals surface area contributed by atoms with E-state index in [4.69, 9.17) is 10.8 Å². The molecule has 10 nitrogen and oxygen atoms in total. The Morgan fingerprint density at radius 2 is 1.41 bits per heavy atom. The number of carboxylic acid groups (broad SMARTS) is 1. The molecule has 7 N–H and O–H groups in total. The molecule has 0 saturated carbocycles. The van der Waals surface area contributed by atoms with Crippen LogP contribution in [0, 0.1) is 5.92 Å². The van der Waals surface area contributed by atoms with Crippen molar-refractivity contribution in [3.8, 4) is 5.75 Å². The first-order valence-corrected chi connectivity index (χ1v) is 10.9. The second-order valence-electron chi connectivity index (χ2n) is 7.99. The SMILES string of the molecule is CC(C)CC(NC(=O)C(Cc1ccc(O)cc1)NC(=O)C(C)N)C(=O)NC(CS)C(=O)O. The fraction of sp³-hybridized carbons (Fsp3) is 0.524. The van der Waals surface area contributed by atoms with E-state index in [1.165, 1.54) is 19.1 Å². The molecule has 0 aliphatic rings. The van der Waals surface area contributed by atoms with Crippen molar-refractivity contribution >= 4 is 36.3 Å². The fourth-order valence-corrected chi connectivity index (χ4v) is 3.06. The van der Waals surface area contributed by atoms with E-state index in [9.17, 15) is 24.3 Å². The van der Waals surface area contributed by atoms with Crippen LogP contribution in [0.2, 0.25) is 0 Å². The summed E-state index contributed by atoms with van der Waals surface area (Å²) in [6.45, 7) is 5.18. The second-order valence-corrected chi connectivity index (χ2v) is 8.36. The summed E-state index contributed by atoms with van der Waals surface area (Å²) in [7, 11) is 0. The van der Waals surface area contributed by atoms with Crippen molar-refractivity contribution in [2.75, 3.05) is 5.75 Å². The van der Waals surface area contributed by atoms with Gasteiger partial charge < -0.3 is 31.9 Å². The van der Waals surface area contributed by atoms with Crippen LogP contribution in [0.3, 0.4) is 0 Å². The van der Waals surface area contributed by atoms with Crippen molar-refractivity contribution in [2.24, 2.45) is 11.7 Å². The first-order chi connectivity index (χ1) is 14.9. The first-order valence-electron chi connectivity index (χ1n) is 10.2. The maximum Gasteiger partial charge on any atom is 0.327 e. The summed E-state index contributed by atoms with van der Waals surface area (Å²) in [5.74, 6) is -3.11. The van der Waals surface area contributed by atoms with E-state index < -0.39 is 47.9 Å². The van der Waals surface area contributed by atoms with Gasteiger partial charge in [0.1, 0.15) is 23.9 Å². The number of aliphatic carboxylic acids is 1. The molecule has 1 rings (SSSR count). The number of amides is 3. The number of aromatic hydroxyl groups is 1. The summed E-state index contributed by atoms with van der Waals surface area (Å²) < 4.78 is 0. The number of hydrogen-bond donors (Lipinski definition) is 7. The van der Waals surface area contributed by atoms with E-state index in [0.29, 0.717) is 5.56 Å². The van der Waals surface area contributed by atoms with Crippen LogP contribution in [0.25, 0.3) is 0 Å². The molecule has 1 aromatic rings. The second kappa shape index (κ2) is 12.9. The van der Waals surface area contributed by atoms with Crippen LogP contribution >= 0.6 is 12.6 Å². The zero-order valence-electron chi connectivity index (χ0n) is 18.4. The van der Waals surface area contributed by atoms with Crippen LogP contribution in [-0.4, -0.2) is 63.8 Å². The van der Waals surface area contributed by atoms with Gasteiger partial charge in [-0.25, -0.2) is 4.79 Å². The summed E-state index contributed by atoms with van der Waals surface area (Å²) in [5, 5.41) is 26.2. The van der Waals surface area contributed by atoms with Crippen molar-refractivity contribution < 1.29 is 29.4 Å². The van der Waals surface area contributed by atoms with Gasteiger partial charge in [0, 0.05) is 12.2 Å². The molecule has 0 aliphatic heterocycles. The molecule has 4 unspecified atom stereocenters. The average Bonchev–Trinajstić information content (AvgIpc) is 2.71. The summed E-state index contributed by atoms with van der Waals surface area (Å²) in [6.07, 6.45) is 0.346. The Morgan fingerprint density at radius 3 is 1.88 bits per heavy atom. The molecule has 11 heteroatoms. The van der Waals surface area contributed by atoms with E-state index in [1.807, 2.05) is 13.8 Å². The lowest BCUT2D eigenvalue weighted by Crippen LogP contribution is -2.57. The van der Waals surface area contributed by atoms with Crippen LogP contribution in [0.15, 0.2) is 24.3 Å². The van der Waals surface area contributed by atoms with Gasteiger partial charge in [-0.3, -0.25) is 14.4 Å². The molecule has 178 valence electrons. The number of thiol groups is 1. The van der Waals surface area contributed by atoms with Crippen molar-refractivity contribution in [1.29, 1.82) is 0 Å². The third-order valence-corrected chi connectivity index (χ3v) is 4.93. The van der Waals surface area contributed by atoms with Crippen LogP contribution in [0.1, 0.15) is 32.8 Å². The zero-order chi connectivity index (χ0) is 24.4. The molecular formula is C21H32N4O6S. The van der Waals surface area contributed by atoms with Gasteiger partial charge in [0.25, 0.3) is 0 Å². The minimum absolute atomic E-state index is 0.0135. The lowest BCUT2D eigenvalue weighted by atomic mass is 10.0. The normalized spacial score (nSPS) is 14.7. The van der Waals surface area contributed by atoms with Gasteiger partial charge in [0.15, 0.2) is 0 Å². The van der Waals surface area contributed by atoms with E-state index in [-0.39, 0.29) is 30.3 Å². The van der Waals surface area contributed by atoms with Crippen molar-refractivity contribution in [1.82, 2.24) is 16.0 Å². The number of carbonyl (C=O) groups excluding carboxylic acids is 3. The quantitative estimate of drug-likeness (QED) is 0.208. The molecule has 32 heavy (non-hydrogen) atoms. The molecule has 4 atom stereocenters. The highest BCUT2D eigenvalue weighted by atomic mass is 32.1. The standard InChI is InChI=1S/C21H32N4O6S/c1-11(2)8-15(19(28)25-17(10-32)21(30)31)24-20(29)16(23-18(27)12(3)22)9-13-4-6-14(26)7-5-13/h4-7,11-12,15-17,26,32H,8-10,22H2,1-3H3,(H,23,27)(H,24,29)(H,25,28)(H,30,31). The minimum atomic E-state index is -1.24. The Kier molecular flexibility index (Phi) is 11.0. The minimum Gasteiger partial charge on any atom is -0.508 e. The lowest BCUT2D eigenvalue weighted by Gasteiger charge is -2.25. The molecule has 0 spiro atoms. The molecule has 3 amide bonds. The molecule has 0 heterocycles. The van der Waals surface area contributed by atoms with Gasteiger partial charge in [-0.1, -0.05) is 26.0 Å². The Bertz CT molecular complexity index is 800. The monoisotopic (exact) mass is 468 g/mol. The van der Waals surface area contributed by atoms with Crippen LogP contribution in [-0.2, 0) is 25.6 Å². The third kappa shape index (κ3) is 9.15. The number of benzene rings is 1. The molecule has 0 aromatic heterocycles. The number of phenolic OH excluding ortho intramolecular Hbond substituents is 1. The number of carboxylic acids is 1. The number of carbonyl (C=O) groups is 4. The number of nitrogens with two attached hydrogens (primary N) is 1. The molecular weight excluding hydrogens is 436 g/mol.